The third-order valence-electron chi connectivity index (χ3n) is 4.64. The number of methoxy groups -OCH3 is 1. The van der Waals surface area contributed by atoms with Gasteiger partial charge in [-0.3, -0.25) is 4.79 Å². The molecule has 0 aliphatic heterocycles. The Morgan fingerprint density at radius 1 is 1.23 bits per heavy atom. The summed E-state index contributed by atoms with van der Waals surface area (Å²) in [7, 11) is -0.0220. The van der Waals surface area contributed by atoms with Crippen molar-refractivity contribution in [3.05, 3.63) is 11.6 Å². The Hall–Kier alpha value is -0.453. The average Bonchev–Trinajstić information content (AvgIpc) is 2.36. The first-order chi connectivity index (χ1) is 10.1. The number of carbonyl (C=O) groups excluding carboxylic acids is 1. The molecule has 0 N–H and O–H groups in total. The lowest BCUT2D eigenvalue weighted by Crippen LogP contribution is -2.44. The minimum atomic E-state index is -1.77. The number of allylic oxidation sites excluding steroid dienone is 1. The molecule has 0 saturated carbocycles. The highest BCUT2D eigenvalue weighted by molar-refractivity contribution is 6.74. The molecule has 0 bridgehead atoms. The minimum Gasteiger partial charge on any atom is -0.414 e. The molecule has 0 aliphatic rings. The number of ether oxygens (including phenoxy) is 1. The lowest BCUT2D eigenvalue weighted by molar-refractivity contribution is -0.104. The highest BCUT2D eigenvalue weighted by Gasteiger charge is 2.39. The summed E-state index contributed by atoms with van der Waals surface area (Å²) in [6.45, 7) is 15.6. The summed E-state index contributed by atoms with van der Waals surface area (Å²) < 4.78 is 12.2. The van der Waals surface area contributed by atoms with Crippen LogP contribution in [0.3, 0.4) is 0 Å². The van der Waals surface area contributed by atoms with Crippen LogP contribution in [0.1, 0.15) is 60.3 Å². The highest BCUT2D eigenvalue weighted by atomic mass is 28.4. The molecule has 0 aromatic heterocycles. The van der Waals surface area contributed by atoms with Crippen LogP contribution in [0.4, 0.5) is 0 Å². The molecule has 2 atom stereocenters. The van der Waals surface area contributed by atoms with Gasteiger partial charge in [-0.15, -0.1) is 0 Å². The minimum absolute atomic E-state index is 0.109. The molecule has 0 unspecified atom stereocenters. The maximum absolute atomic E-state index is 10.6. The molecular weight excluding hydrogens is 292 g/mol. The summed E-state index contributed by atoms with van der Waals surface area (Å²) in [5.74, 6) is 0. The van der Waals surface area contributed by atoms with E-state index in [0.29, 0.717) is 0 Å². The first kappa shape index (κ1) is 21.5. The van der Waals surface area contributed by atoms with Gasteiger partial charge in [0.2, 0.25) is 0 Å². The van der Waals surface area contributed by atoms with Crippen molar-refractivity contribution in [3.8, 4) is 0 Å². The zero-order chi connectivity index (χ0) is 17.4. The Morgan fingerprint density at radius 3 is 2.23 bits per heavy atom. The third-order valence-corrected chi connectivity index (χ3v) is 9.17. The van der Waals surface area contributed by atoms with E-state index in [1.807, 2.05) is 6.92 Å². The molecule has 0 rings (SSSR count). The molecule has 0 saturated heterocycles. The van der Waals surface area contributed by atoms with Crippen LogP contribution in [0.2, 0.25) is 18.1 Å². The fraction of sp³-hybridized carbons (Fsp3) is 0.833. The molecule has 0 aromatic rings. The first-order valence-corrected chi connectivity index (χ1v) is 11.3. The van der Waals surface area contributed by atoms with Gasteiger partial charge in [0.05, 0.1) is 6.10 Å². The van der Waals surface area contributed by atoms with Crippen LogP contribution in [0.5, 0.6) is 0 Å². The fourth-order valence-electron chi connectivity index (χ4n) is 2.24. The van der Waals surface area contributed by atoms with Crippen molar-refractivity contribution in [2.75, 3.05) is 7.11 Å². The van der Waals surface area contributed by atoms with Crippen LogP contribution >= 0.6 is 0 Å². The Morgan fingerprint density at radius 2 is 1.82 bits per heavy atom. The second kappa shape index (κ2) is 9.63. The quantitative estimate of drug-likeness (QED) is 0.317. The van der Waals surface area contributed by atoms with Crippen molar-refractivity contribution < 1.29 is 14.0 Å². The maximum Gasteiger partial charge on any atom is 0.192 e. The van der Waals surface area contributed by atoms with E-state index in [2.05, 4.69) is 40.8 Å². The van der Waals surface area contributed by atoms with E-state index in [9.17, 15) is 4.79 Å². The monoisotopic (exact) mass is 328 g/mol. The van der Waals surface area contributed by atoms with Gasteiger partial charge in [-0.2, -0.15) is 0 Å². The Bertz CT molecular complexity index is 356. The normalized spacial score (nSPS) is 16.5. The van der Waals surface area contributed by atoms with Crippen LogP contribution in [0.25, 0.3) is 0 Å². The van der Waals surface area contributed by atoms with E-state index in [1.54, 1.807) is 13.2 Å². The summed E-state index contributed by atoms with van der Waals surface area (Å²) in [6, 6.07) is 0. The van der Waals surface area contributed by atoms with Gasteiger partial charge < -0.3 is 9.16 Å². The average molecular weight is 329 g/mol. The van der Waals surface area contributed by atoms with E-state index < -0.39 is 8.32 Å². The molecule has 3 nitrogen and oxygen atoms in total. The molecule has 0 aliphatic carbocycles. The number of carbonyl (C=O) groups is 1. The second-order valence-corrected chi connectivity index (χ2v) is 12.5. The number of hydrogen-bond acceptors (Lipinski definition) is 3. The van der Waals surface area contributed by atoms with Crippen molar-refractivity contribution in [1.82, 2.24) is 0 Å². The van der Waals surface area contributed by atoms with Gasteiger partial charge in [0.15, 0.2) is 8.32 Å². The van der Waals surface area contributed by atoms with Gasteiger partial charge in [-0.05, 0) is 50.4 Å². The van der Waals surface area contributed by atoms with Gasteiger partial charge in [0.25, 0.3) is 0 Å². The molecule has 4 heteroatoms. The highest BCUT2D eigenvalue weighted by Crippen LogP contribution is 2.38. The van der Waals surface area contributed by atoms with E-state index >= 15 is 0 Å². The molecule has 130 valence electrons. The standard InChI is InChI=1S/C18H36O3Si/c1-9-10-16(21-22(7,8)18(3,4)5)14-17(20-6)13-15(2)11-12-19/h11-12,16-17H,9-10,13-14H2,1-8H3/b15-11+/t16-,17-/m0/s1. The summed E-state index contributed by atoms with van der Waals surface area (Å²) in [4.78, 5) is 10.6. The van der Waals surface area contributed by atoms with Gasteiger partial charge in [0.1, 0.15) is 6.29 Å². The topological polar surface area (TPSA) is 35.5 Å². The van der Waals surface area contributed by atoms with Crippen molar-refractivity contribution in [3.63, 3.8) is 0 Å². The van der Waals surface area contributed by atoms with Gasteiger partial charge in [-0.25, -0.2) is 0 Å². The van der Waals surface area contributed by atoms with E-state index in [0.717, 1.165) is 37.5 Å². The van der Waals surface area contributed by atoms with Crippen molar-refractivity contribution >= 4 is 14.6 Å². The lowest BCUT2D eigenvalue weighted by atomic mass is 10.0. The lowest BCUT2D eigenvalue weighted by Gasteiger charge is -2.40. The van der Waals surface area contributed by atoms with Crippen molar-refractivity contribution in [1.29, 1.82) is 0 Å². The van der Waals surface area contributed by atoms with Crippen molar-refractivity contribution in [2.24, 2.45) is 0 Å². The SMILES string of the molecule is CCC[C@@H](C[C@H](C/C(C)=C/C=O)OC)O[Si](C)(C)C(C)(C)C. The van der Waals surface area contributed by atoms with Gasteiger partial charge in [0, 0.05) is 13.2 Å². The van der Waals surface area contributed by atoms with Gasteiger partial charge >= 0.3 is 0 Å². The molecule has 22 heavy (non-hydrogen) atoms. The number of rotatable bonds is 10. The smallest absolute Gasteiger partial charge is 0.192 e. The zero-order valence-electron chi connectivity index (χ0n) is 15.9. The predicted molar refractivity (Wildman–Crippen MR) is 96.8 cm³/mol. The summed E-state index contributed by atoms with van der Waals surface area (Å²) in [6.07, 6.45) is 6.66. The zero-order valence-corrected chi connectivity index (χ0v) is 16.9. The Balaban J connectivity index is 4.87. The molecular formula is C18H36O3Si. The second-order valence-electron chi connectivity index (χ2n) is 7.74. The largest absolute Gasteiger partial charge is 0.414 e. The summed E-state index contributed by atoms with van der Waals surface area (Å²) in [5, 5.41) is 0.217. The molecule has 0 radical (unpaired) electrons. The van der Waals surface area contributed by atoms with Crippen LogP contribution in [-0.2, 0) is 14.0 Å². The summed E-state index contributed by atoms with van der Waals surface area (Å²) >= 11 is 0. The molecule has 0 heterocycles. The Kier molecular flexibility index (Phi) is 9.44. The van der Waals surface area contributed by atoms with E-state index in [-0.39, 0.29) is 17.2 Å². The van der Waals surface area contributed by atoms with Crippen LogP contribution in [-0.4, -0.2) is 33.9 Å². The summed E-state index contributed by atoms with van der Waals surface area (Å²) in [5.41, 5.74) is 1.06. The molecule has 0 aromatic carbocycles. The molecule has 0 spiro atoms. The van der Waals surface area contributed by atoms with E-state index in [4.69, 9.17) is 9.16 Å². The predicted octanol–water partition coefficient (Wildman–Crippen LogP) is 5.12. The number of aldehydes is 1. The molecule has 0 amide bonds. The third kappa shape index (κ3) is 7.70. The van der Waals surface area contributed by atoms with Crippen LogP contribution in [0, 0.1) is 0 Å². The Labute approximate surface area is 138 Å². The maximum atomic E-state index is 10.6. The van der Waals surface area contributed by atoms with Crippen LogP contribution in [0.15, 0.2) is 11.6 Å². The van der Waals surface area contributed by atoms with Crippen LogP contribution < -0.4 is 0 Å². The fourth-order valence-corrected chi connectivity index (χ4v) is 3.64. The number of hydrogen-bond donors (Lipinski definition) is 0. The van der Waals surface area contributed by atoms with Gasteiger partial charge in [-0.1, -0.05) is 39.7 Å². The van der Waals surface area contributed by atoms with E-state index in [1.165, 1.54) is 0 Å². The van der Waals surface area contributed by atoms with Crippen molar-refractivity contribution in [2.45, 2.75) is 90.6 Å². The molecule has 0 fully saturated rings. The first-order valence-electron chi connectivity index (χ1n) is 8.39.